The summed E-state index contributed by atoms with van der Waals surface area (Å²) < 4.78 is 5.33. The monoisotopic (exact) mass is 395 g/mol. The Morgan fingerprint density at radius 2 is 1.96 bits per heavy atom. The number of aliphatic imine (C=N–C) groups is 1. The van der Waals surface area contributed by atoms with Gasteiger partial charge in [0.05, 0.1) is 31.0 Å². The molecule has 0 saturated carbocycles. The Morgan fingerprint density at radius 1 is 1.33 bits per heavy atom. The number of nitrogens with one attached hydrogen (secondary N) is 1. The van der Waals surface area contributed by atoms with Gasteiger partial charge >= 0.3 is 0 Å². The van der Waals surface area contributed by atoms with Crippen molar-refractivity contribution in [3.63, 3.8) is 0 Å². The van der Waals surface area contributed by atoms with Crippen molar-refractivity contribution in [3.8, 4) is 0 Å². The first kappa shape index (κ1) is 20.9. The summed E-state index contributed by atoms with van der Waals surface area (Å²) in [6, 6.07) is 0. The summed E-state index contributed by atoms with van der Waals surface area (Å²) >= 11 is 5.68. The topological polar surface area (TPSA) is 156 Å². The molecule has 0 unspecified atom stereocenters. The van der Waals surface area contributed by atoms with Crippen molar-refractivity contribution in [1.29, 1.82) is 5.41 Å². The first-order valence-electron chi connectivity index (χ1n) is 8.64. The van der Waals surface area contributed by atoms with Crippen LogP contribution in [0.4, 0.5) is 17.6 Å². The number of anilines is 3. The van der Waals surface area contributed by atoms with Gasteiger partial charge in [0.15, 0.2) is 0 Å². The van der Waals surface area contributed by atoms with E-state index in [1.807, 2.05) is 6.92 Å². The van der Waals surface area contributed by atoms with Crippen LogP contribution in [0, 0.1) is 5.41 Å². The lowest BCUT2D eigenvalue weighted by Crippen LogP contribution is -2.37. The Bertz CT molecular complexity index is 693. The molecule has 1 saturated heterocycles. The molecule has 148 valence electrons. The minimum absolute atomic E-state index is 0.0385. The van der Waals surface area contributed by atoms with E-state index in [1.165, 1.54) is 6.20 Å². The van der Waals surface area contributed by atoms with Gasteiger partial charge in [0.1, 0.15) is 16.8 Å². The second-order valence-corrected chi connectivity index (χ2v) is 6.19. The molecule has 0 radical (unpaired) electrons. The van der Waals surface area contributed by atoms with Crippen LogP contribution in [0.1, 0.15) is 12.5 Å². The van der Waals surface area contributed by atoms with E-state index in [2.05, 4.69) is 19.9 Å². The zero-order valence-electron chi connectivity index (χ0n) is 15.4. The van der Waals surface area contributed by atoms with Crippen LogP contribution in [-0.4, -0.2) is 72.2 Å². The maximum absolute atomic E-state index is 7.50. The molecule has 7 N–H and O–H groups in total. The van der Waals surface area contributed by atoms with Crippen molar-refractivity contribution in [3.05, 3.63) is 17.5 Å². The van der Waals surface area contributed by atoms with E-state index < -0.39 is 0 Å². The maximum Gasteiger partial charge on any atom is 0.233 e. The van der Waals surface area contributed by atoms with Crippen molar-refractivity contribution in [1.82, 2.24) is 14.9 Å². The van der Waals surface area contributed by atoms with Gasteiger partial charge < -0.3 is 26.8 Å². The quantitative estimate of drug-likeness (QED) is 0.456. The van der Waals surface area contributed by atoms with Gasteiger partial charge in [0.2, 0.25) is 5.95 Å². The Balaban J connectivity index is 2.09. The average Bonchev–Trinajstić information content (AvgIpc) is 2.64. The fraction of sp³-hybridized carbons (Fsp3) is 0.500. The van der Waals surface area contributed by atoms with Gasteiger partial charge in [0.25, 0.3) is 0 Å². The third-order valence-corrected chi connectivity index (χ3v) is 4.27. The molecular weight excluding hydrogens is 370 g/mol. The van der Waals surface area contributed by atoms with Crippen molar-refractivity contribution in [2.24, 2.45) is 10.7 Å². The molecule has 1 aromatic rings. The molecule has 27 heavy (non-hydrogen) atoms. The summed E-state index contributed by atoms with van der Waals surface area (Å²) in [6.07, 6.45) is 3.10. The van der Waals surface area contributed by atoms with Crippen LogP contribution >= 0.6 is 11.6 Å². The number of halogens is 1. The highest BCUT2D eigenvalue weighted by Gasteiger charge is 2.18. The van der Waals surface area contributed by atoms with Crippen molar-refractivity contribution in [2.75, 3.05) is 62.3 Å². The Labute approximate surface area is 163 Å². The lowest BCUT2D eigenvalue weighted by molar-refractivity contribution is 0.0395. The SMILES string of the molecule is CCN(C(C=NCCN1CCOCC1)=CN)c1nc(N)c(C(=N)Cl)c(N)n1. The molecule has 0 bridgehead atoms. The lowest BCUT2D eigenvalue weighted by Gasteiger charge is -2.25. The van der Waals surface area contributed by atoms with Crippen LogP contribution in [0.25, 0.3) is 0 Å². The molecule has 2 rings (SSSR count). The molecule has 1 fully saturated rings. The molecular formula is C16H26ClN9O. The number of allylic oxidation sites excluding steroid dienone is 1. The lowest BCUT2D eigenvalue weighted by atomic mass is 10.3. The number of rotatable bonds is 8. The molecule has 1 aliphatic rings. The number of nitrogens with zero attached hydrogens (tertiary/aromatic N) is 5. The van der Waals surface area contributed by atoms with E-state index in [4.69, 9.17) is 38.9 Å². The molecule has 1 aliphatic heterocycles. The van der Waals surface area contributed by atoms with Crippen LogP contribution in [0.3, 0.4) is 0 Å². The van der Waals surface area contributed by atoms with Gasteiger partial charge in [-0.3, -0.25) is 15.3 Å². The van der Waals surface area contributed by atoms with E-state index in [0.29, 0.717) is 18.8 Å². The minimum atomic E-state index is -0.307. The van der Waals surface area contributed by atoms with Crippen molar-refractivity contribution in [2.45, 2.75) is 6.92 Å². The minimum Gasteiger partial charge on any atom is -0.403 e. The van der Waals surface area contributed by atoms with Gasteiger partial charge in [-0.05, 0) is 6.92 Å². The predicted molar refractivity (Wildman–Crippen MR) is 109 cm³/mol. The molecule has 0 amide bonds. The normalized spacial score (nSPS) is 16.0. The van der Waals surface area contributed by atoms with Crippen molar-refractivity contribution < 1.29 is 4.74 Å². The summed E-state index contributed by atoms with van der Waals surface area (Å²) in [5.74, 6) is 0.346. The summed E-state index contributed by atoms with van der Waals surface area (Å²) in [6.45, 7) is 7.30. The highest BCUT2D eigenvalue weighted by molar-refractivity contribution is 6.69. The number of morpholine rings is 1. The zero-order valence-corrected chi connectivity index (χ0v) is 16.1. The first-order chi connectivity index (χ1) is 13.0. The smallest absolute Gasteiger partial charge is 0.233 e. The fourth-order valence-corrected chi connectivity index (χ4v) is 2.85. The van der Waals surface area contributed by atoms with Gasteiger partial charge in [-0.2, -0.15) is 9.97 Å². The number of hydrogen-bond acceptors (Lipinski definition) is 10. The Hall–Kier alpha value is -2.43. The molecule has 0 aromatic carbocycles. The van der Waals surface area contributed by atoms with Crippen molar-refractivity contribution >= 4 is 40.6 Å². The Morgan fingerprint density at radius 3 is 2.48 bits per heavy atom. The number of ether oxygens (including phenoxy) is 1. The summed E-state index contributed by atoms with van der Waals surface area (Å²) in [5, 5.41) is 7.20. The van der Waals surface area contributed by atoms with Gasteiger partial charge in [-0.1, -0.05) is 11.6 Å². The van der Waals surface area contributed by atoms with E-state index in [9.17, 15) is 0 Å². The largest absolute Gasteiger partial charge is 0.403 e. The van der Waals surface area contributed by atoms with Gasteiger partial charge in [-0.15, -0.1) is 0 Å². The second-order valence-electron chi connectivity index (χ2n) is 5.81. The van der Waals surface area contributed by atoms with Crippen LogP contribution in [-0.2, 0) is 4.74 Å². The zero-order chi connectivity index (χ0) is 19.8. The van der Waals surface area contributed by atoms with Gasteiger partial charge in [0, 0.05) is 38.6 Å². The van der Waals surface area contributed by atoms with Crippen LogP contribution in [0.5, 0.6) is 0 Å². The maximum atomic E-state index is 7.50. The van der Waals surface area contributed by atoms with E-state index >= 15 is 0 Å². The summed E-state index contributed by atoms with van der Waals surface area (Å²) in [4.78, 5) is 16.9. The Kier molecular flexibility index (Phi) is 7.77. The number of aromatic nitrogens is 2. The highest BCUT2D eigenvalue weighted by Crippen LogP contribution is 2.23. The average molecular weight is 396 g/mol. The fourth-order valence-electron chi connectivity index (χ4n) is 2.65. The molecule has 0 spiro atoms. The van der Waals surface area contributed by atoms with E-state index in [-0.39, 0.29) is 28.3 Å². The van der Waals surface area contributed by atoms with E-state index in [0.717, 1.165) is 32.8 Å². The van der Waals surface area contributed by atoms with Crippen LogP contribution in [0.2, 0.25) is 0 Å². The molecule has 0 atom stereocenters. The highest BCUT2D eigenvalue weighted by atomic mass is 35.5. The van der Waals surface area contributed by atoms with Crippen LogP contribution in [0.15, 0.2) is 16.9 Å². The second kappa shape index (κ2) is 10.0. The number of nitrogen functional groups attached to an aromatic ring is 2. The number of nitrogens with two attached hydrogens (primary N) is 3. The van der Waals surface area contributed by atoms with Gasteiger partial charge in [-0.25, -0.2) is 0 Å². The first-order valence-corrected chi connectivity index (χ1v) is 9.02. The third kappa shape index (κ3) is 5.52. The summed E-state index contributed by atoms with van der Waals surface area (Å²) in [5.41, 5.74) is 18.3. The summed E-state index contributed by atoms with van der Waals surface area (Å²) in [7, 11) is 0. The number of hydrogen-bond donors (Lipinski definition) is 4. The van der Waals surface area contributed by atoms with Crippen LogP contribution < -0.4 is 22.1 Å². The molecule has 10 nitrogen and oxygen atoms in total. The van der Waals surface area contributed by atoms with E-state index in [1.54, 1.807) is 11.1 Å². The molecule has 2 heterocycles. The third-order valence-electron chi connectivity index (χ3n) is 4.09. The molecule has 11 heteroatoms. The molecule has 1 aromatic heterocycles. The standard InChI is InChI=1S/C16H26ClN9O/c1-2-26(16-23-14(20)12(13(17)19)15(21)24-16)11(9-18)10-22-3-4-25-5-7-27-8-6-25/h9-10,19H,2-8,18H2,1H3,(H4,20,21,23,24). The molecule has 0 aliphatic carbocycles. The predicted octanol–water partition coefficient (Wildman–Crippen LogP) is 0.235.